The number of rotatable bonds is 9. The van der Waals surface area contributed by atoms with Crippen molar-refractivity contribution in [1.29, 1.82) is 0 Å². The molecule has 1 atom stereocenters. The van der Waals surface area contributed by atoms with Crippen molar-refractivity contribution < 1.29 is 27.5 Å². The summed E-state index contributed by atoms with van der Waals surface area (Å²) in [5, 5.41) is 5.04. The van der Waals surface area contributed by atoms with Crippen molar-refractivity contribution >= 4 is 27.7 Å². The van der Waals surface area contributed by atoms with E-state index in [0.29, 0.717) is 13.0 Å². The Balaban J connectivity index is 1.92. The van der Waals surface area contributed by atoms with Crippen LogP contribution in [0, 0.1) is 0 Å². The highest BCUT2D eigenvalue weighted by Crippen LogP contribution is 2.17. The standard InChI is InChI=1S/C18H26N4O6S/c1-19-18(25)15-4-3-10-22(15)16(23)12-20-17(24)13-5-7-14(8-6-13)29(26,27)21-9-11-28-2/h5-8,15,21H,3-4,9-12H2,1-2H3,(H,19,25)(H,20,24). The van der Waals surface area contributed by atoms with Crippen LogP contribution in [-0.4, -0.2) is 77.5 Å². The lowest BCUT2D eigenvalue weighted by molar-refractivity contribution is -0.137. The monoisotopic (exact) mass is 426 g/mol. The molecule has 1 aromatic carbocycles. The molecule has 1 unspecified atom stereocenters. The molecule has 2 rings (SSSR count). The third-order valence-electron chi connectivity index (χ3n) is 4.55. The average Bonchev–Trinajstić information content (AvgIpc) is 3.21. The Morgan fingerprint density at radius 1 is 1.21 bits per heavy atom. The van der Waals surface area contributed by atoms with Gasteiger partial charge < -0.3 is 20.3 Å². The largest absolute Gasteiger partial charge is 0.383 e. The molecular weight excluding hydrogens is 400 g/mol. The molecule has 0 aliphatic carbocycles. The topological polar surface area (TPSA) is 134 Å². The molecule has 1 fully saturated rings. The van der Waals surface area contributed by atoms with Gasteiger partial charge in [-0.1, -0.05) is 0 Å². The Morgan fingerprint density at radius 3 is 2.52 bits per heavy atom. The molecule has 3 amide bonds. The van der Waals surface area contributed by atoms with E-state index >= 15 is 0 Å². The summed E-state index contributed by atoms with van der Waals surface area (Å²) in [6, 6.07) is 4.85. The van der Waals surface area contributed by atoms with Crippen LogP contribution in [0.25, 0.3) is 0 Å². The van der Waals surface area contributed by atoms with Crippen molar-refractivity contribution in [3.05, 3.63) is 29.8 Å². The number of carbonyl (C=O) groups excluding carboxylic acids is 3. The molecule has 1 heterocycles. The highest BCUT2D eigenvalue weighted by Gasteiger charge is 2.33. The molecule has 0 radical (unpaired) electrons. The molecule has 11 heteroatoms. The number of methoxy groups -OCH3 is 1. The first-order valence-electron chi connectivity index (χ1n) is 9.18. The maximum Gasteiger partial charge on any atom is 0.251 e. The number of carbonyl (C=O) groups is 3. The van der Waals surface area contributed by atoms with E-state index < -0.39 is 22.0 Å². The van der Waals surface area contributed by atoms with E-state index in [-0.39, 0.29) is 42.0 Å². The van der Waals surface area contributed by atoms with Crippen molar-refractivity contribution in [2.24, 2.45) is 0 Å². The SMILES string of the molecule is CNC(=O)C1CCCN1C(=O)CNC(=O)c1ccc(S(=O)(=O)NCCOC)cc1. The molecule has 0 saturated carbocycles. The number of nitrogens with zero attached hydrogens (tertiary/aromatic N) is 1. The summed E-state index contributed by atoms with van der Waals surface area (Å²) in [5.41, 5.74) is 0.220. The third kappa shape index (κ3) is 5.99. The molecule has 1 aliphatic rings. The first kappa shape index (κ1) is 22.8. The Labute approximate surface area is 170 Å². The van der Waals surface area contributed by atoms with Gasteiger partial charge in [0.15, 0.2) is 0 Å². The first-order valence-corrected chi connectivity index (χ1v) is 10.7. The molecule has 1 saturated heterocycles. The number of nitrogens with one attached hydrogen (secondary N) is 3. The lowest BCUT2D eigenvalue weighted by Gasteiger charge is -2.23. The number of hydrogen-bond donors (Lipinski definition) is 3. The van der Waals surface area contributed by atoms with E-state index in [1.807, 2.05) is 0 Å². The van der Waals surface area contributed by atoms with Crippen molar-refractivity contribution in [2.75, 3.05) is 40.4 Å². The van der Waals surface area contributed by atoms with Crippen molar-refractivity contribution in [3.63, 3.8) is 0 Å². The summed E-state index contributed by atoms with van der Waals surface area (Å²) in [7, 11) is -0.706. The molecule has 160 valence electrons. The molecular formula is C18H26N4O6S. The second-order valence-corrected chi connectivity index (χ2v) is 8.22. The van der Waals surface area contributed by atoms with Gasteiger partial charge in [0.1, 0.15) is 6.04 Å². The number of likely N-dealkylation sites (N-methyl/N-ethyl adjacent to an activating group) is 1. The predicted octanol–water partition coefficient (Wildman–Crippen LogP) is -0.922. The zero-order chi connectivity index (χ0) is 21.4. The molecule has 0 bridgehead atoms. The van der Waals surface area contributed by atoms with Gasteiger partial charge in [-0.2, -0.15) is 0 Å². The average molecular weight is 426 g/mol. The van der Waals surface area contributed by atoms with Crippen LogP contribution in [0.5, 0.6) is 0 Å². The predicted molar refractivity (Wildman–Crippen MR) is 105 cm³/mol. The number of sulfonamides is 1. The second-order valence-electron chi connectivity index (χ2n) is 6.46. The molecule has 0 aromatic heterocycles. The number of hydrogen-bond acceptors (Lipinski definition) is 6. The Bertz CT molecular complexity index is 840. The van der Waals surface area contributed by atoms with E-state index in [4.69, 9.17) is 4.74 Å². The van der Waals surface area contributed by atoms with Crippen molar-refractivity contribution in [1.82, 2.24) is 20.3 Å². The van der Waals surface area contributed by atoms with Crippen LogP contribution in [0.4, 0.5) is 0 Å². The lowest BCUT2D eigenvalue weighted by Crippen LogP contribution is -2.48. The lowest BCUT2D eigenvalue weighted by atomic mass is 10.2. The van der Waals surface area contributed by atoms with Crippen LogP contribution in [0.2, 0.25) is 0 Å². The fraction of sp³-hybridized carbons (Fsp3) is 0.500. The van der Waals surface area contributed by atoms with Crippen LogP contribution in [0.1, 0.15) is 23.2 Å². The van der Waals surface area contributed by atoms with Crippen LogP contribution in [0.3, 0.4) is 0 Å². The van der Waals surface area contributed by atoms with Crippen LogP contribution in [-0.2, 0) is 24.3 Å². The highest BCUT2D eigenvalue weighted by atomic mass is 32.2. The van der Waals surface area contributed by atoms with Gasteiger partial charge in [0.25, 0.3) is 5.91 Å². The normalized spacial score (nSPS) is 16.5. The minimum Gasteiger partial charge on any atom is -0.383 e. The van der Waals surface area contributed by atoms with Crippen LogP contribution < -0.4 is 15.4 Å². The number of ether oxygens (including phenoxy) is 1. The molecule has 3 N–H and O–H groups in total. The van der Waals surface area contributed by atoms with E-state index in [1.54, 1.807) is 0 Å². The van der Waals surface area contributed by atoms with Gasteiger partial charge in [0, 0.05) is 32.8 Å². The summed E-state index contributed by atoms with van der Waals surface area (Å²) >= 11 is 0. The van der Waals surface area contributed by atoms with E-state index in [1.165, 1.54) is 43.3 Å². The summed E-state index contributed by atoms with van der Waals surface area (Å²) < 4.78 is 31.4. The highest BCUT2D eigenvalue weighted by molar-refractivity contribution is 7.89. The zero-order valence-corrected chi connectivity index (χ0v) is 17.3. The van der Waals surface area contributed by atoms with Gasteiger partial charge in [-0.3, -0.25) is 14.4 Å². The third-order valence-corrected chi connectivity index (χ3v) is 6.02. The van der Waals surface area contributed by atoms with Gasteiger partial charge >= 0.3 is 0 Å². The van der Waals surface area contributed by atoms with E-state index in [2.05, 4.69) is 15.4 Å². The van der Waals surface area contributed by atoms with E-state index in [9.17, 15) is 22.8 Å². The van der Waals surface area contributed by atoms with Gasteiger partial charge in [0.2, 0.25) is 21.8 Å². The number of benzene rings is 1. The maximum absolute atomic E-state index is 12.4. The number of likely N-dealkylation sites (tertiary alicyclic amines) is 1. The fourth-order valence-electron chi connectivity index (χ4n) is 3.01. The molecule has 0 spiro atoms. The quantitative estimate of drug-likeness (QED) is 0.437. The van der Waals surface area contributed by atoms with Gasteiger partial charge in [-0.05, 0) is 37.1 Å². The summed E-state index contributed by atoms with van der Waals surface area (Å²) in [4.78, 5) is 37.9. The Kier molecular flexibility index (Phi) is 8.11. The van der Waals surface area contributed by atoms with Crippen molar-refractivity contribution in [3.8, 4) is 0 Å². The second kappa shape index (κ2) is 10.3. The first-order chi connectivity index (χ1) is 13.8. The van der Waals surface area contributed by atoms with Gasteiger partial charge in [-0.25, -0.2) is 13.1 Å². The summed E-state index contributed by atoms with van der Waals surface area (Å²) in [6.45, 7) is 0.600. The molecule has 1 aromatic rings. The van der Waals surface area contributed by atoms with Crippen LogP contribution in [0.15, 0.2) is 29.2 Å². The Morgan fingerprint density at radius 2 is 1.90 bits per heavy atom. The minimum absolute atomic E-state index is 0.0201. The van der Waals surface area contributed by atoms with Crippen molar-refractivity contribution in [2.45, 2.75) is 23.8 Å². The smallest absolute Gasteiger partial charge is 0.251 e. The number of amides is 3. The molecule has 10 nitrogen and oxygen atoms in total. The van der Waals surface area contributed by atoms with Crippen LogP contribution >= 0.6 is 0 Å². The fourth-order valence-corrected chi connectivity index (χ4v) is 4.02. The summed E-state index contributed by atoms with van der Waals surface area (Å²) in [6.07, 6.45) is 1.32. The van der Waals surface area contributed by atoms with Gasteiger partial charge in [-0.15, -0.1) is 0 Å². The zero-order valence-electron chi connectivity index (χ0n) is 16.4. The molecule has 29 heavy (non-hydrogen) atoms. The maximum atomic E-state index is 12.4. The Hall–Kier alpha value is -2.50. The molecule has 1 aliphatic heterocycles. The van der Waals surface area contributed by atoms with E-state index in [0.717, 1.165) is 6.42 Å². The summed E-state index contributed by atoms with van der Waals surface area (Å²) in [5.74, 6) is -1.07. The van der Waals surface area contributed by atoms with Gasteiger partial charge in [0.05, 0.1) is 18.0 Å². The minimum atomic E-state index is -3.69.